The lowest BCUT2D eigenvalue weighted by Crippen LogP contribution is -2.32. The lowest BCUT2D eigenvalue weighted by Gasteiger charge is -2.12. The van der Waals surface area contributed by atoms with Gasteiger partial charge in [-0.3, -0.25) is 4.79 Å². The molecule has 88 valence electrons. The van der Waals surface area contributed by atoms with Gasteiger partial charge >= 0.3 is 0 Å². The number of nitrogens with one attached hydrogen (secondary N) is 1. The molecule has 5 heteroatoms. The molecule has 1 aromatic rings. The Balaban J connectivity index is 2.50. The third-order valence-electron chi connectivity index (χ3n) is 2.00. The fourth-order valence-electron chi connectivity index (χ4n) is 1.23. The first-order chi connectivity index (χ1) is 7.65. The van der Waals surface area contributed by atoms with Crippen LogP contribution < -0.4 is 5.32 Å². The molecule has 0 spiro atoms. The molecule has 1 aromatic heterocycles. The van der Waals surface area contributed by atoms with Gasteiger partial charge in [0.2, 0.25) is 5.95 Å². The molecule has 0 saturated carbocycles. The summed E-state index contributed by atoms with van der Waals surface area (Å²) in [4.78, 5) is 14.9. The SMILES string of the molecule is CCOC(C)CNC(=O)c1cccnc1F. The van der Waals surface area contributed by atoms with Crippen molar-refractivity contribution in [1.82, 2.24) is 10.3 Å². The minimum atomic E-state index is -0.760. The second-order valence-corrected chi connectivity index (χ2v) is 3.32. The lowest BCUT2D eigenvalue weighted by molar-refractivity contribution is 0.0693. The highest BCUT2D eigenvalue weighted by Crippen LogP contribution is 2.02. The molecule has 0 radical (unpaired) electrons. The maximum Gasteiger partial charge on any atom is 0.256 e. The maximum atomic E-state index is 13.1. The van der Waals surface area contributed by atoms with E-state index in [-0.39, 0.29) is 11.7 Å². The highest BCUT2D eigenvalue weighted by molar-refractivity contribution is 5.94. The van der Waals surface area contributed by atoms with E-state index in [4.69, 9.17) is 4.74 Å². The number of hydrogen-bond donors (Lipinski definition) is 1. The summed E-state index contributed by atoms with van der Waals surface area (Å²) in [6.07, 6.45) is 1.21. The van der Waals surface area contributed by atoms with Crippen molar-refractivity contribution in [2.45, 2.75) is 20.0 Å². The van der Waals surface area contributed by atoms with Crippen LogP contribution in [0.1, 0.15) is 24.2 Å². The van der Waals surface area contributed by atoms with Crippen molar-refractivity contribution < 1.29 is 13.9 Å². The van der Waals surface area contributed by atoms with Crippen LogP contribution >= 0.6 is 0 Å². The molecular weight excluding hydrogens is 211 g/mol. The van der Waals surface area contributed by atoms with Crippen molar-refractivity contribution in [3.63, 3.8) is 0 Å². The molecule has 0 aliphatic heterocycles. The first-order valence-corrected chi connectivity index (χ1v) is 5.15. The van der Waals surface area contributed by atoms with Gasteiger partial charge in [0.05, 0.1) is 11.7 Å². The molecule has 4 nitrogen and oxygen atoms in total. The zero-order valence-corrected chi connectivity index (χ0v) is 9.37. The van der Waals surface area contributed by atoms with Crippen molar-refractivity contribution in [3.05, 3.63) is 29.8 Å². The van der Waals surface area contributed by atoms with Gasteiger partial charge in [0.1, 0.15) is 0 Å². The van der Waals surface area contributed by atoms with Crippen LogP contribution in [0.4, 0.5) is 4.39 Å². The first kappa shape index (κ1) is 12.6. The predicted octanol–water partition coefficient (Wildman–Crippen LogP) is 1.38. The summed E-state index contributed by atoms with van der Waals surface area (Å²) in [6.45, 7) is 4.64. The maximum absolute atomic E-state index is 13.1. The van der Waals surface area contributed by atoms with Gasteiger partial charge in [0, 0.05) is 19.3 Å². The zero-order chi connectivity index (χ0) is 12.0. The highest BCUT2D eigenvalue weighted by atomic mass is 19.1. The van der Waals surface area contributed by atoms with Crippen molar-refractivity contribution in [1.29, 1.82) is 0 Å². The summed E-state index contributed by atoms with van der Waals surface area (Å²) >= 11 is 0. The van der Waals surface area contributed by atoms with Gasteiger partial charge in [-0.2, -0.15) is 4.39 Å². The second-order valence-electron chi connectivity index (χ2n) is 3.32. The van der Waals surface area contributed by atoms with Crippen LogP contribution in [0.2, 0.25) is 0 Å². The van der Waals surface area contributed by atoms with Crippen LogP contribution in [0.15, 0.2) is 18.3 Å². The Kier molecular flexibility index (Phi) is 4.85. The molecule has 1 heterocycles. The van der Waals surface area contributed by atoms with Crippen LogP contribution in [-0.4, -0.2) is 30.1 Å². The predicted molar refractivity (Wildman–Crippen MR) is 57.6 cm³/mol. The molecular formula is C11H15FN2O2. The Morgan fingerprint density at radius 3 is 3.06 bits per heavy atom. The van der Waals surface area contributed by atoms with E-state index in [1.54, 1.807) is 0 Å². The molecule has 1 rings (SSSR count). The molecule has 16 heavy (non-hydrogen) atoms. The third kappa shape index (κ3) is 3.58. The smallest absolute Gasteiger partial charge is 0.256 e. The average molecular weight is 226 g/mol. The number of ether oxygens (including phenoxy) is 1. The molecule has 0 aromatic carbocycles. The standard InChI is InChI=1S/C11H15FN2O2/c1-3-16-8(2)7-14-11(15)9-5-4-6-13-10(9)12/h4-6,8H,3,7H2,1-2H3,(H,14,15). The molecule has 0 aliphatic carbocycles. The number of carbonyl (C=O) groups is 1. The molecule has 0 fully saturated rings. The number of halogens is 1. The number of rotatable bonds is 5. The van der Waals surface area contributed by atoms with E-state index >= 15 is 0 Å². The molecule has 1 amide bonds. The largest absolute Gasteiger partial charge is 0.377 e. The van der Waals surface area contributed by atoms with E-state index in [0.717, 1.165) is 0 Å². The summed E-state index contributed by atoms with van der Waals surface area (Å²) in [5.41, 5.74) is -0.0498. The number of carbonyl (C=O) groups excluding carboxylic acids is 1. The molecule has 1 N–H and O–H groups in total. The van der Waals surface area contributed by atoms with Crippen LogP contribution in [0.3, 0.4) is 0 Å². The van der Waals surface area contributed by atoms with Crippen LogP contribution in [0, 0.1) is 5.95 Å². The monoisotopic (exact) mass is 226 g/mol. The number of pyridine rings is 1. The zero-order valence-electron chi connectivity index (χ0n) is 9.37. The second kappa shape index (κ2) is 6.17. The lowest BCUT2D eigenvalue weighted by atomic mass is 10.2. The molecule has 1 unspecified atom stereocenters. The summed E-state index contributed by atoms with van der Waals surface area (Å²) in [5.74, 6) is -1.23. The van der Waals surface area contributed by atoms with Crippen LogP contribution in [0.5, 0.6) is 0 Å². The summed E-state index contributed by atoms with van der Waals surface area (Å²) < 4.78 is 18.3. The van der Waals surface area contributed by atoms with Gasteiger partial charge in [0.15, 0.2) is 0 Å². The Morgan fingerprint density at radius 2 is 2.44 bits per heavy atom. The number of hydrogen-bond acceptors (Lipinski definition) is 3. The Hall–Kier alpha value is -1.49. The Bertz CT molecular complexity index is 358. The first-order valence-electron chi connectivity index (χ1n) is 5.15. The fourth-order valence-corrected chi connectivity index (χ4v) is 1.23. The number of nitrogens with zero attached hydrogens (tertiary/aromatic N) is 1. The van der Waals surface area contributed by atoms with E-state index in [1.807, 2.05) is 13.8 Å². The van der Waals surface area contributed by atoms with Gasteiger partial charge in [0.25, 0.3) is 5.91 Å². The molecule has 0 saturated heterocycles. The Labute approximate surface area is 93.8 Å². The summed E-state index contributed by atoms with van der Waals surface area (Å²) in [7, 11) is 0. The number of amides is 1. The van der Waals surface area contributed by atoms with Gasteiger partial charge < -0.3 is 10.1 Å². The molecule has 0 aliphatic rings. The minimum Gasteiger partial charge on any atom is -0.377 e. The molecule has 0 bridgehead atoms. The highest BCUT2D eigenvalue weighted by Gasteiger charge is 2.12. The fraction of sp³-hybridized carbons (Fsp3) is 0.455. The van der Waals surface area contributed by atoms with Crippen LogP contribution in [-0.2, 0) is 4.74 Å². The van der Waals surface area contributed by atoms with Crippen LogP contribution in [0.25, 0.3) is 0 Å². The quantitative estimate of drug-likeness (QED) is 0.771. The van der Waals surface area contributed by atoms with Gasteiger partial charge in [-0.1, -0.05) is 0 Å². The van der Waals surface area contributed by atoms with Crippen molar-refractivity contribution in [2.75, 3.05) is 13.2 Å². The van der Waals surface area contributed by atoms with E-state index in [2.05, 4.69) is 10.3 Å². The molecule has 1 atom stereocenters. The number of aromatic nitrogens is 1. The van der Waals surface area contributed by atoms with Gasteiger partial charge in [-0.15, -0.1) is 0 Å². The van der Waals surface area contributed by atoms with Gasteiger partial charge in [-0.05, 0) is 26.0 Å². The topological polar surface area (TPSA) is 51.2 Å². The van der Waals surface area contributed by atoms with Crippen molar-refractivity contribution in [3.8, 4) is 0 Å². The summed E-state index contributed by atoms with van der Waals surface area (Å²) in [5, 5.41) is 2.58. The average Bonchev–Trinajstić information content (AvgIpc) is 2.27. The van der Waals surface area contributed by atoms with E-state index in [0.29, 0.717) is 13.2 Å². The Morgan fingerprint density at radius 1 is 1.69 bits per heavy atom. The van der Waals surface area contributed by atoms with Gasteiger partial charge in [-0.25, -0.2) is 4.98 Å². The summed E-state index contributed by atoms with van der Waals surface area (Å²) in [6, 6.07) is 2.91. The van der Waals surface area contributed by atoms with Crippen molar-refractivity contribution >= 4 is 5.91 Å². The third-order valence-corrected chi connectivity index (χ3v) is 2.00. The normalized spacial score (nSPS) is 12.2. The van der Waals surface area contributed by atoms with Crippen molar-refractivity contribution in [2.24, 2.45) is 0 Å². The van der Waals surface area contributed by atoms with E-state index < -0.39 is 11.9 Å². The van der Waals surface area contributed by atoms with E-state index in [1.165, 1.54) is 18.3 Å². The van der Waals surface area contributed by atoms with E-state index in [9.17, 15) is 9.18 Å². The minimum absolute atomic E-state index is 0.0498.